The molecule has 0 spiro atoms. The fourth-order valence-electron chi connectivity index (χ4n) is 3.62. The molecular formula is C25H43N5O12. The lowest BCUT2D eigenvalue weighted by molar-refractivity contribution is -0.142. The second-order valence-electron chi connectivity index (χ2n) is 9.63. The summed E-state index contributed by atoms with van der Waals surface area (Å²) in [5.74, 6) is -5.23. The van der Waals surface area contributed by atoms with E-state index in [2.05, 4.69) is 21.3 Å². The summed E-state index contributed by atoms with van der Waals surface area (Å²) in [5.41, 5.74) is 5.30. The molecule has 0 fully saturated rings. The molecule has 5 amide bonds. The molecule has 42 heavy (non-hydrogen) atoms. The largest absolute Gasteiger partial charge is 0.480 e. The van der Waals surface area contributed by atoms with Crippen LogP contribution in [0.1, 0.15) is 66.2 Å². The van der Waals surface area contributed by atoms with Crippen LogP contribution in [0.5, 0.6) is 0 Å². The number of carboxylic acids is 1. The number of hydrogen-bond acceptors (Lipinski definition) is 11. The fourth-order valence-corrected chi connectivity index (χ4v) is 3.62. The molecule has 0 aromatic rings. The number of aliphatic carboxylic acids is 1. The van der Waals surface area contributed by atoms with E-state index in [-0.39, 0.29) is 25.7 Å². The van der Waals surface area contributed by atoms with E-state index in [1.807, 2.05) is 0 Å². The summed E-state index contributed by atoms with van der Waals surface area (Å²) >= 11 is 0. The van der Waals surface area contributed by atoms with Crippen LogP contribution in [0.15, 0.2) is 0 Å². The smallest absolute Gasteiger partial charge is 0.408 e. The number of nitrogens with two attached hydrogens (primary N) is 1. The van der Waals surface area contributed by atoms with E-state index in [4.69, 9.17) is 15.6 Å². The average molecular weight is 606 g/mol. The molecule has 0 radical (unpaired) electrons. The van der Waals surface area contributed by atoms with Gasteiger partial charge < -0.3 is 52.2 Å². The zero-order chi connectivity index (χ0) is 32.6. The van der Waals surface area contributed by atoms with Gasteiger partial charge in [-0.25, -0.2) is 9.59 Å². The highest BCUT2D eigenvalue weighted by Gasteiger charge is 2.39. The quantitative estimate of drug-likeness (QED) is 0.0679. The van der Waals surface area contributed by atoms with Crippen molar-refractivity contribution in [2.24, 2.45) is 5.73 Å². The van der Waals surface area contributed by atoms with Crippen LogP contribution >= 0.6 is 0 Å². The number of ketones is 1. The molecule has 10 N–H and O–H groups in total. The van der Waals surface area contributed by atoms with Crippen molar-refractivity contribution in [1.29, 1.82) is 0 Å². The third-order valence-corrected chi connectivity index (χ3v) is 5.98. The molecule has 0 aliphatic heterocycles. The summed E-state index contributed by atoms with van der Waals surface area (Å²) in [4.78, 5) is 84.7. The highest BCUT2D eigenvalue weighted by Crippen LogP contribution is 2.13. The molecule has 0 rings (SSSR count). The topological polar surface area (TPSA) is 284 Å². The summed E-state index contributed by atoms with van der Waals surface area (Å²) < 4.78 is 5.09. The van der Waals surface area contributed by atoms with Crippen LogP contribution in [0, 0.1) is 0 Å². The highest BCUT2D eigenvalue weighted by molar-refractivity contribution is 5.91. The number of ether oxygens (including phenoxy) is 1. The first-order valence-electron chi connectivity index (χ1n) is 13.4. The predicted molar refractivity (Wildman–Crippen MR) is 144 cm³/mol. The van der Waals surface area contributed by atoms with E-state index in [9.17, 15) is 48.9 Å². The minimum atomic E-state index is -2.02. The number of rotatable bonds is 20. The molecular weight excluding hydrogens is 562 g/mol. The number of hydrogen-bond donors (Lipinski definition) is 9. The molecule has 0 bridgehead atoms. The maximum absolute atomic E-state index is 12.6. The lowest BCUT2D eigenvalue weighted by Crippen LogP contribution is -2.59. The zero-order valence-electron chi connectivity index (χ0n) is 24.1. The van der Waals surface area contributed by atoms with E-state index in [0.29, 0.717) is 12.8 Å². The van der Waals surface area contributed by atoms with Crippen molar-refractivity contribution in [3.8, 4) is 0 Å². The van der Waals surface area contributed by atoms with Gasteiger partial charge in [0.05, 0.1) is 6.61 Å². The van der Waals surface area contributed by atoms with Gasteiger partial charge in [0.1, 0.15) is 36.4 Å². The normalized spacial score (nSPS) is 15.9. The first-order valence-corrected chi connectivity index (χ1v) is 13.4. The van der Waals surface area contributed by atoms with Crippen molar-refractivity contribution in [3.63, 3.8) is 0 Å². The van der Waals surface area contributed by atoms with E-state index in [0.717, 1.165) is 6.92 Å². The Labute approximate surface area is 242 Å². The number of aliphatic hydroxyl groups is 3. The second-order valence-corrected chi connectivity index (χ2v) is 9.63. The number of amides is 5. The van der Waals surface area contributed by atoms with Crippen molar-refractivity contribution >= 4 is 41.5 Å². The molecule has 0 aliphatic rings. The minimum absolute atomic E-state index is 0.000119. The zero-order valence-corrected chi connectivity index (χ0v) is 24.1. The van der Waals surface area contributed by atoms with Crippen molar-refractivity contribution in [2.45, 2.75) is 109 Å². The van der Waals surface area contributed by atoms with Gasteiger partial charge in [-0.15, -0.1) is 0 Å². The van der Waals surface area contributed by atoms with Crippen LogP contribution in [-0.2, 0) is 33.5 Å². The van der Waals surface area contributed by atoms with Crippen LogP contribution in [0.25, 0.3) is 0 Å². The predicted octanol–water partition coefficient (Wildman–Crippen LogP) is -2.82. The van der Waals surface area contributed by atoms with Gasteiger partial charge in [-0.05, 0) is 33.1 Å². The maximum atomic E-state index is 12.6. The Balaban J connectivity index is 5.43. The van der Waals surface area contributed by atoms with E-state index in [1.165, 1.54) is 6.92 Å². The fraction of sp³-hybridized carbons (Fsp3) is 0.720. The Kier molecular flexibility index (Phi) is 17.6. The van der Waals surface area contributed by atoms with Gasteiger partial charge in [-0.1, -0.05) is 20.3 Å². The van der Waals surface area contributed by atoms with Crippen molar-refractivity contribution in [1.82, 2.24) is 21.3 Å². The third kappa shape index (κ3) is 13.7. The molecule has 17 nitrogen and oxygen atoms in total. The van der Waals surface area contributed by atoms with Crippen LogP contribution in [0.3, 0.4) is 0 Å². The van der Waals surface area contributed by atoms with E-state index in [1.54, 1.807) is 13.8 Å². The summed E-state index contributed by atoms with van der Waals surface area (Å²) in [5, 5.41) is 47.6. The maximum Gasteiger partial charge on any atom is 0.408 e. The third-order valence-electron chi connectivity index (χ3n) is 5.98. The Morgan fingerprint density at radius 1 is 0.833 bits per heavy atom. The van der Waals surface area contributed by atoms with Crippen molar-refractivity contribution in [2.75, 3.05) is 6.61 Å². The highest BCUT2D eigenvalue weighted by atomic mass is 16.6. The summed E-state index contributed by atoms with van der Waals surface area (Å²) in [6, 6.07) is -5.51. The number of carboxylic acid groups (broad SMARTS) is 1. The molecule has 0 saturated heterocycles. The number of aliphatic hydroxyl groups excluding tert-OH is 3. The molecule has 0 aliphatic carbocycles. The molecule has 7 atom stereocenters. The lowest BCUT2D eigenvalue weighted by atomic mass is 9.98. The van der Waals surface area contributed by atoms with Crippen LogP contribution in [-0.4, -0.2) is 111 Å². The summed E-state index contributed by atoms with van der Waals surface area (Å²) in [6.07, 6.45) is -6.68. The average Bonchev–Trinajstić information content (AvgIpc) is 2.91. The number of nitrogens with one attached hydrogen (secondary N) is 4. The Hall–Kier alpha value is -3.83. The van der Waals surface area contributed by atoms with Crippen molar-refractivity contribution in [3.05, 3.63) is 0 Å². The summed E-state index contributed by atoms with van der Waals surface area (Å²) in [6.45, 7) is 4.68. The molecule has 3 unspecified atom stereocenters. The molecule has 0 aromatic heterocycles. The van der Waals surface area contributed by atoms with Gasteiger partial charge in [0, 0.05) is 12.8 Å². The van der Waals surface area contributed by atoms with Gasteiger partial charge in [0.15, 0.2) is 11.9 Å². The molecule has 0 aromatic carbocycles. The van der Waals surface area contributed by atoms with Crippen LogP contribution < -0.4 is 27.0 Å². The Morgan fingerprint density at radius 2 is 1.43 bits per heavy atom. The Bertz CT molecular complexity index is 962. The number of carbonyl (C=O) groups excluding carboxylic acids is 6. The van der Waals surface area contributed by atoms with Gasteiger partial charge in [0.25, 0.3) is 0 Å². The van der Waals surface area contributed by atoms with Gasteiger partial charge in [-0.3, -0.25) is 24.0 Å². The van der Waals surface area contributed by atoms with Gasteiger partial charge in [-0.2, -0.15) is 0 Å². The van der Waals surface area contributed by atoms with Crippen molar-refractivity contribution < 1.29 is 58.7 Å². The SMILES string of the molecule is CCCC(=O)N[C@@H](C(C)=O)[C@@H](OC(=O)NC(C)C(=O)NC(CCC(=O)NC(CCC)C(=O)O)C(N)=O)[C@H](O)[C@H](O)CO. The Morgan fingerprint density at radius 3 is 1.90 bits per heavy atom. The first kappa shape index (κ1) is 38.2. The second kappa shape index (κ2) is 19.3. The van der Waals surface area contributed by atoms with Gasteiger partial charge >= 0.3 is 12.1 Å². The van der Waals surface area contributed by atoms with E-state index >= 15 is 0 Å². The summed E-state index contributed by atoms with van der Waals surface area (Å²) in [7, 11) is 0. The molecule has 0 saturated carbocycles. The molecule has 240 valence electrons. The first-order chi connectivity index (χ1) is 19.6. The van der Waals surface area contributed by atoms with E-state index < -0.39 is 90.6 Å². The number of carbonyl (C=O) groups is 7. The minimum Gasteiger partial charge on any atom is -0.480 e. The number of Topliss-reactive ketones (excluding diaryl/α,β-unsaturated/α-hetero) is 1. The standard InChI is InChI=1S/C25H43N5O12/c1-5-7-15(24(39)40)28-18(35)10-9-14(22(26)37)29-23(38)12(3)27-25(41)42-21(20(36)16(33)11-31)19(13(4)32)30-17(34)8-6-2/h12,14-16,19-21,31,33,36H,5-11H2,1-4H3,(H2,26,37)(H,27,41)(H,28,35)(H,29,38)(H,30,34)(H,39,40)/t12?,14?,15?,16-,19+,20-,21-/m1/s1. The lowest BCUT2D eigenvalue weighted by Gasteiger charge is -2.32. The van der Waals surface area contributed by atoms with Gasteiger partial charge in [0.2, 0.25) is 23.6 Å². The molecule has 17 heteroatoms. The van der Waals surface area contributed by atoms with Crippen LogP contribution in [0.2, 0.25) is 0 Å². The van der Waals surface area contributed by atoms with Crippen LogP contribution in [0.4, 0.5) is 4.79 Å². The molecule has 0 heterocycles. The number of primary amides is 1. The number of alkyl carbamates (subject to hydrolysis) is 1. The monoisotopic (exact) mass is 605 g/mol.